The van der Waals surface area contributed by atoms with Gasteiger partial charge in [0.25, 0.3) is 0 Å². The van der Waals surface area contributed by atoms with Gasteiger partial charge in [0.2, 0.25) is 0 Å². The number of ether oxygens (including phenoxy) is 4. The number of carbonyl (C=O) groups excluding carboxylic acids is 1. The predicted molar refractivity (Wildman–Crippen MR) is 59.0 cm³/mol. The van der Waals surface area contributed by atoms with Crippen LogP contribution in [0.15, 0.2) is 0 Å². The molecule has 0 fully saturated rings. The Balaban J connectivity index is 3.91. The van der Waals surface area contributed by atoms with Gasteiger partial charge in [0.05, 0.1) is 25.7 Å². The first-order chi connectivity index (χ1) is 7.47. The van der Waals surface area contributed by atoms with Gasteiger partial charge in [0.15, 0.2) is 6.29 Å². The minimum Gasteiger partial charge on any atom is -0.469 e. The van der Waals surface area contributed by atoms with Gasteiger partial charge in [-0.3, -0.25) is 4.79 Å². The third-order valence-corrected chi connectivity index (χ3v) is 2.07. The Morgan fingerprint density at radius 3 is 2.38 bits per heavy atom. The van der Waals surface area contributed by atoms with Gasteiger partial charge in [-0.2, -0.15) is 0 Å². The molecule has 0 aliphatic heterocycles. The Labute approximate surface area is 97.0 Å². The van der Waals surface area contributed by atoms with E-state index in [2.05, 4.69) is 4.74 Å². The summed E-state index contributed by atoms with van der Waals surface area (Å²) in [6.45, 7) is 6.53. The fourth-order valence-electron chi connectivity index (χ4n) is 1.12. The summed E-state index contributed by atoms with van der Waals surface area (Å²) in [4.78, 5) is 11.3. The first-order valence-electron chi connectivity index (χ1n) is 5.28. The van der Waals surface area contributed by atoms with E-state index in [-0.39, 0.29) is 12.6 Å². The van der Waals surface area contributed by atoms with Crippen molar-refractivity contribution in [3.63, 3.8) is 0 Å². The lowest BCUT2D eigenvalue weighted by Gasteiger charge is -2.22. The molecule has 1 unspecified atom stereocenters. The molecular formula is C11H22O5. The molecule has 0 saturated heterocycles. The van der Waals surface area contributed by atoms with Crippen LogP contribution in [0.3, 0.4) is 0 Å². The first-order valence-corrected chi connectivity index (χ1v) is 5.28. The third kappa shape index (κ3) is 5.44. The van der Waals surface area contributed by atoms with E-state index in [0.717, 1.165) is 0 Å². The molecule has 0 saturated carbocycles. The third-order valence-electron chi connectivity index (χ3n) is 2.07. The summed E-state index contributed by atoms with van der Waals surface area (Å²) in [5.74, 6) is -0.294. The molecule has 0 aliphatic carbocycles. The van der Waals surface area contributed by atoms with Gasteiger partial charge < -0.3 is 18.9 Å². The van der Waals surface area contributed by atoms with Gasteiger partial charge >= 0.3 is 5.97 Å². The maximum Gasteiger partial charge on any atom is 0.313 e. The SMILES string of the molecule is CCOC(COCC(C)(C)C(=O)OC)OC. The summed E-state index contributed by atoms with van der Waals surface area (Å²) < 4.78 is 20.3. The smallest absolute Gasteiger partial charge is 0.313 e. The lowest BCUT2D eigenvalue weighted by atomic mass is 9.95. The monoisotopic (exact) mass is 234 g/mol. The van der Waals surface area contributed by atoms with Crippen LogP contribution in [0.4, 0.5) is 0 Å². The number of methoxy groups -OCH3 is 2. The van der Waals surface area contributed by atoms with Crippen LogP contribution < -0.4 is 0 Å². The van der Waals surface area contributed by atoms with E-state index in [9.17, 15) is 4.79 Å². The van der Waals surface area contributed by atoms with Crippen LogP contribution in [0.5, 0.6) is 0 Å². The summed E-state index contributed by atoms with van der Waals surface area (Å²) >= 11 is 0. The molecule has 0 N–H and O–H groups in total. The van der Waals surface area contributed by atoms with Crippen LogP contribution in [0, 0.1) is 5.41 Å². The summed E-state index contributed by atoms with van der Waals surface area (Å²) in [5, 5.41) is 0. The fraction of sp³-hybridized carbons (Fsp3) is 0.909. The summed E-state index contributed by atoms with van der Waals surface area (Å²) in [6, 6.07) is 0. The number of rotatable bonds is 8. The Kier molecular flexibility index (Phi) is 7.29. The molecule has 0 spiro atoms. The molecule has 96 valence electrons. The minimum atomic E-state index is -0.654. The average molecular weight is 234 g/mol. The van der Waals surface area contributed by atoms with E-state index in [1.54, 1.807) is 21.0 Å². The molecule has 16 heavy (non-hydrogen) atoms. The van der Waals surface area contributed by atoms with Gasteiger partial charge in [-0.1, -0.05) is 0 Å². The van der Waals surface area contributed by atoms with Crippen molar-refractivity contribution in [3.05, 3.63) is 0 Å². The van der Waals surface area contributed by atoms with Crippen LogP contribution in [0.25, 0.3) is 0 Å². The zero-order valence-corrected chi connectivity index (χ0v) is 10.7. The Hall–Kier alpha value is -0.650. The number of carbonyl (C=O) groups is 1. The zero-order chi connectivity index (χ0) is 12.6. The van der Waals surface area contributed by atoms with Crippen molar-refractivity contribution >= 4 is 5.97 Å². The van der Waals surface area contributed by atoms with Gasteiger partial charge in [-0.15, -0.1) is 0 Å². The number of hydrogen-bond donors (Lipinski definition) is 0. The zero-order valence-electron chi connectivity index (χ0n) is 10.7. The molecule has 0 aromatic heterocycles. The summed E-state index contributed by atoms with van der Waals surface area (Å²) in [7, 11) is 2.91. The Bertz CT molecular complexity index is 203. The quantitative estimate of drug-likeness (QED) is 0.467. The van der Waals surface area contributed by atoms with Gasteiger partial charge in [-0.25, -0.2) is 0 Å². The van der Waals surface area contributed by atoms with Crippen molar-refractivity contribution in [3.8, 4) is 0 Å². The van der Waals surface area contributed by atoms with E-state index in [0.29, 0.717) is 13.2 Å². The van der Waals surface area contributed by atoms with Gasteiger partial charge in [-0.05, 0) is 20.8 Å². The minimum absolute atomic E-state index is 0.270. The summed E-state index contributed by atoms with van der Waals surface area (Å²) in [5.41, 5.74) is -0.654. The molecule has 0 bridgehead atoms. The van der Waals surface area contributed by atoms with Crippen molar-refractivity contribution in [1.82, 2.24) is 0 Å². The molecular weight excluding hydrogens is 212 g/mol. The maximum absolute atomic E-state index is 11.3. The fourth-order valence-corrected chi connectivity index (χ4v) is 1.12. The van der Waals surface area contributed by atoms with Gasteiger partial charge in [0, 0.05) is 13.7 Å². The first kappa shape index (κ1) is 15.3. The standard InChI is InChI=1S/C11H22O5/c1-6-16-9(13-4)7-15-8-11(2,3)10(12)14-5/h9H,6-8H2,1-5H3. The molecule has 1 atom stereocenters. The van der Waals surface area contributed by atoms with E-state index in [1.807, 2.05) is 6.92 Å². The van der Waals surface area contributed by atoms with Crippen molar-refractivity contribution in [2.24, 2.45) is 5.41 Å². The normalized spacial score (nSPS) is 13.6. The van der Waals surface area contributed by atoms with E-state index in [1.165, 1.54) is 7.11 Å². The van der Waals surface area contributed by atoms with E-state index >= 15 is 0 Å². The lowest BCUT2D eigenvalue weighted by molar-refractivity contribution is -0.169. The molecule has 0 aromatic carbocycles. The molecule has 5 heteroatoms. The molecule has 5 nitrogen and oxygen atoms in total. The Morgan fingerprint density at radius 1 is 1.31 bits per heavy atom. The molecule has 0 heterocycles. The summed E-state index contributed by atoms with van der Waals surface area (Å²) in [6.07, 6.45) is -0.390. The highest BCUT2D eigenvalue weighted by Gasteiger charge is 2.29. The highest BCUT2D eigenvalue weighted by molar-refractivity contribution is 5.75. The van der Waals surface area contributed by atoms with Crippen LogP contribution in [-0.2, 0) is 23.7 Å². The van der Waals surface area contributed by atoms with Crippen LogP contribution in [0.2, 0.25) is 0 Å². The van der Waals surface area contributed by atoms with Crippen molar-refractivity contribution in [2.45, 2.75) is 27.1 Å². The molecule has 0 rings (SSSR count). The van der Waals surface area contributed by atoms with E-state index in [4.69, 9.17) is 14.2 Å². The highest BCUT2D eigenvalue weighted by Crippen LogP contribution is 2.17. The van der Waals surface area contributed by atoms with Crippen molar-refractivity contribution < 1.29 is 23.7 Å². The molecule has 0 amide bonds. The van der Waals surface area contributed by atoms with Crippen LogP contribution >= 0.6 is 0 Å². The van der Waals surface area contributed by atoms with Crippen LogP contribution in [-0.4, -0.2) is 46.3 Å². The second-order valence-electron chi connectivity index (χ2n) is 4.01. The molecule has 0 radical (unpaired) electrons. The van der Waals surface area contributed by atoms with E-state index < -0.39 is 11.7 Å². The highest BCUT2D eigenvalue weighted by atomic mass is 16.7. The lowest BCUT2D eigenvalue weighted by Crippen LogP contribution is -2.33. The van der Waals surface area contributed by atoms with Crippen LogP contribution in [0.1, 0.15) is 20.8 Å². The van der Waals surface area contributed by atoms with Crippen molar-refractivity contribution in [1.29, 1.82) is 0 Å². The van der Waals surface area contributed by atoms with Crippen molar-refractivity contribution in [2.75, 3.05) is 34.0 Å². The largest absolute Gasteiger partial charge is 0.469 e. The Morgan fingerprint density at radius 2 is 1.94 bits per heavy atom. The molecule has 0 aromatic rings. The predicted octanol–water partition coefficient (Wildman–Crippen LogP) is 1.21. The second kappa shape index (κ2) is 7.60. The average Bonchev–Trinajstić information content (AvgIpc) is 2.26. The second-order valence-corrected chi connectivity index (χ2v) is 4.01. The van der Waals surface area contributed by atoms with Gasteiger partial charge in [0.1, 0.15) is 0 Å². The number of esters is 1. The maximum atomic E-state index is 11.3. The number of hydrogen-bond acceptors (Lipinski definition) is 5. The topological polar surface area (TPSA) is 54.0 Å². The molecule has 0 aliphatic rings.